The standard InChI is InChI=1S/2C22H22N4O3/c1-2-19-18(25-13-26(19)16-11-28-12-16)9-14(1)21-20-15(10-24-21)3-6-23-22(20)29-17-4-7-27-8-5-17;1-2-18-19(26(13-25-18)16-11-28-12-16)9-14(1)21-20-15(10-24-21)3-6-23-22(20)29-17-4-7-27-8-5-17/h2*1-3,6,9,13,16-17H,4-5,7-8,10-12H2. The fourth-order valence-corrected chi connectivity index (χ4v) is 8.47. The lowest BCUT2D eigenvalue weighted by Crippen LogP contribution is -2.30. The largest absolute Gasteiger partial charge is 0.474 e. The molecule has 2 aromatic carbocycles. The summed E-state index contributed by atoms with van der Waals surface area (Å²) in [5, 5.41) is 0. The minimum Gasteiger partial charge on any atom is -0.474 e. The maximum atomic E-state index is 6.30. The van der Waals surface area contributed by atoms with Crippen molar-refractivity contribution in [1.29, 1.82) is 0 Å². The van der Waals surface area contributed by atoms with Crippen LogP contribution in [-0.4, -0.2) is 106 Å². The number of hydrogen-bond donors (Lipinski definition) is 0. The van der Waals surface area contributed by atoms with Crippen molar-refractivity contribution in [1.82, 2.24) is 29.1 Å². The molecule has 0 unspecified atom stereocenters. The van der Waals surface area contributed by atoms with Gasteiger partial charge in [0.15, 0.2) is 0 Å². The van der Waals surface area contributed by atoms with Crippen LogP contribution in [0, 0.1) is 0 Å². The average molecular weight is 781 g/mol. The summed E-state index contributed by atoms with van der Waals surface area (Å²) in [5.41, 5.74) is 12.6. The monoisotopic (exact) mass is 780 g/mol. The number of aromatic nitrogens is 6. The van der Waals surface area contributed by atoms with E-state index < -0.39 is 0 Å². The molecule has 12 rings (SSSR count). The summed E-state index contributed by atoms with van der Waals surface area (Å²) in [4.78, 5) is 27.9. The Bertz CT molecular complexity index is 2540. The molecule has 296 valence electrons. The second-order valence-corrected chi connectivity index (χ2v) is 15.6. The van der Waals surface area contributed by atoms with Crippen molar-refractivity contribution < 1.29 is 28.4 Å². The molecule has 0 bridgehead atoms. The first-order chi connectivity index (χ1) is 28.7. The van der Waals surface area contributed by atoms with Gasteiger partial charge in [0, 0.05) is 49.2 Å². The van der Waals surface area contributed by atoms with Gasteiger partial charge in [0.2, 0.25) is 11.8 Å². The third kappa shape index (κ3) is 6.63. The molecule has 4 aromatic heterocycles. The highest BCUT2D eigenvalue weighted by molar-refractivity contribution is 6.18. The number of nitrogens with zero attached hydrogens (tertiary/aromatic N) is 8. The second-order valence-electron chi connectivity index (χ2n) is 15.6. The van der Waals surface area contributed by atoms with Crippen molar-refractivity contribution in [3.05, 3.63) is 107 Å². The van der Waals surface area contributed by atoms with Crippen molar-refractivity contribution in [2.45, 2.75) is 63.1 Å². The Hall–Kier alpha value is -5.54. The molecule has 0 N–H and O–H groups in total. The van der Waals surface area contributed by atoms with Crippen LogP contribution >= 0.6 is 0 Å². The smallest absolute Gasteiger partial charge is 0.223 e. The van der Waals surface area contributed by atoms with Crippen LogP contribution in [0.3, 0.4) is 0 Å². The first-order valence-electron chi connectivity index (χ1n) is 20.4. The minimum atomic E-state index is 0.145. The Morgan fingerprint density at radius 1 is 0.517 bits per heavy atom. The van der Waals surface area contributed by atoms with Crippen molar-refractivity contribution >= 4 is 33.5 Å². The lowest BCUT2D eigenvalue weighted by molar-refractivity contribution is -0.0216. The lowest BCUT2D eigenvalue weighted by atomic mass is 10.0. The predicted molar refractivity (Wildman–Crippen MR) is 215 cm³/mol. The number of benzene rings is 2. The molecule has 14 nitrogen and oxygen atoms in total. The fraction of sp³-hybridized carbons (Fsp3) is 0.409. The van der Waals surface area contributed by atoms with Crippen LogP contribution in [-0.2, 0) is 32.0 Å². The molecule has 0 saturated carbocycles. The highest BCUT2D eigenvalue weighted by Crippen LogP contribution is 2.35. The summed E-state index contributed by atoms with van der Waals surface area (Å²) in [6, 6.07) is 17.5. The molecule has 4 saturated heterocycles. The van der Waals surface area contributed by atoms with Gasteiger partial charge in [-0.15, -0.1) is 0 Å². The Balaban J connectivity index is 0.000000133. The molecule has 4 fully saturated rings. The van der Waals surface area contributed by atoms with Gasteiger partial charge in [0.25, 0.3) is 0 Å². The number of rotatable bonds is 8. The summed E-state index contributed by atoms with van der Waals surface area (Å²) >= 11 is 0. The van der Waals surface area contributed by atoms with Gasteiger partial charge in [-0.1, -0.05) is 12.1 Å². The molecule has 0 spiro atoms. The van der Waals surface area contributed by atoms with Crippen LogP contribution in [0.15, 0.2) is 83.6 Å². The van der Waals surface area contributed by atoms with E-state index in [0.29, 0.717) is 36.9 Å². The van der Waals surface area contributed by atoms with Gasteiger partial charge in [-0.3, -0.25) is 9.98 Å². The van der Waals surface area contributed by atoms with E-state index in [4.69, 9.17) is 38.4 Å². The van der Waals surface area contributed by atoms with Crippen LogP contribution in [0.4, 0.5) is 0 Å². The zero-order chi connectivity index (χ0) is 38.4. The van der Waals surface area contributed by atoms with Gasteiger partial charge < -0.3 is 37.6 Å². The molecule has 58 heavy (non-hydrogen) atoms. The van der Waals surface area contributed by atoms with Gasteiger partial charge in [0.05, 0.1) is 135 Å². The molecule has 14 heteroatoms. The van der Waals surface area contributed by atoms with E-state index in [9.17, 15) is 0 Å². The van der Waals surface area contributed by atoms with Gasteiger partial charge in [0.1, 0.15) is 12.2 Å². The van der Waals surface area contributed by atoms with Crippen molar-refractivity contribution in [2.24, 2.45) is 9.98 Å². The van der Waals surface area contributed by atoms with Gasteiger partial charge >= 0.3 is 0 Å². The Labute approximate surface area is 334 Å². The average Bonchev–Trinajstić information content (AvgIpc) is 4.04. The van der Waals surface area contributed by atoms with Crippen LogP contribution in [0.2, 0.25) is 0 Å². The molecule has 0 aliphatic carbocycles. The van der Waals surface area contributed by atoms with Gasteiger partial charge in [-0.05, 0) is 47.5 Å². The topological polar surface area (TPSA) is 142 Å². The van der Waals surface area contributed by atoms with E-state index in [0.717, 1.165) is 145 Å². The SMILES string of the molecule is c1cc2c(c(OC3CCOCC3)n1)C(c1ccc3c(c1)ncn3C1COC1)=NC2.c1cc2c(c(OC3CCOCC3)n1)C(c1ccc3ncn(C4COC4)c3c1)=NC2. The zero-order valence-electron chi connectivity index (χ0n) is 32.2. The number of ether oxygens (including phenoxy) is 6. The third-order valence-corrected chi connectivity index (χ3v) is 11.9. The second kappa shape index (κ2) is 15.3. The van der Waals surface area contributed by atoms with E-state index in [1.807, 2.05) is 37.2 Å². The highest BCUT2D eigenvalue weighted by atomic mass is 16.5. The van der Waals surface area contributed by atoms with Crippen molar-refractivity contribution in [2.75, 3.05) is 52.9 Å². The third-order valence-electron chi connectivity index (χ3n) is 11.9. The Morgan fingerprint density at radius 3 is 1.59 bits per heavy atom. The first kappa shape index (κ1) is 35.6. The molecule has 6 aliphatic rings. The van der Waals surface area contributed by atoms with Crippen LogP contribution < -0.4 is 9.47 Å². The molecular formula is C44H44N8O6. The van der Waals surface area contributed by atoms with Crippen LogP contribution in [0.1, 0.15) is 71.1 Å². The molecule has 0 atom stereocenters. The first-order valence-corrected chi connectivity index (χ1v) is 20.4. The molecular weight excluding hydrogens is 737 g/mol. The Kier molecular flexibility index (Phi) is 9.41. The molecule has 0 radical (unpaired) electrons. The van der Waals surface area contributed by atoms with Crippen molar-refractivity contribution in [3.63, 3.8) is 0 Å². The molecule has 10 heterocycles. The summed E-state index contributed by atoms with van der Waals surface area (Å²) in [7, 11) is 0. The van der Waals surface area contributed by atoms with E-state index >= 15 is 0 Å². The quantitative estimate of drug-likeness (QED) is 0.186. The molecule has 6 aliphatic heterocycles. The highest BCUT2D eigenvalue weighted by Gasteiger charge is 2.29. The summed E-state index contributed by atoms with van der Waals surface area (Å²) < 4.78 is 38.6. The van der Waals surface area contributed by atoms with E-state index in [-0.39, 0.29) is 12.2 Å². The summed E-state index contributed by atoms with van der Waals surface area (Å²) in [5.74, 6) is 1.37. The van der Waals surface area contributed by atoms with E-state index in [1.54, 1.807) is 0 Å². The number of pyridine rings is 2. The van der Waals surface area contributed by atoms with Crippen LogP contribution in [0.25, 0.3) is 22.1 Å². The number of fused-ring (bicyclic) bond motifs is 4. The number of hydrogen-bond acceptors (Lipinski definition) is 12. The van der Waals surface area contributed by atoms with Crippen LogP contribution in [0.5, 0.6) is 11.8 Å². The molecule has 0 amide bonds. The maximum Gasteiger partial charge on any atom is 0.223 e. The summed E-state index contributed by atoms with van der Waals surface area (Å²) in [6.07, 6.45) is 11.3. The van der Waals surface area contributed by atoms with Gasteiger partial charge in [-0.25, -0.2) is 19.9 Å². The van der Waals surface area contributed by atoms with E-state index in [2.05, 4.69) is 65.5 Å². The number of imidazole rings is 2. The molecule has 6 aromatic rings. The van der Waals surface area contributed by atoms with Gasteiger partial charge in [-0.2, -0.15) is 0 Å². The minimum absolute atomic E-state index is 0.145. The van der Waals surface area contributed by atoms with Crippen molar-refractivity contribution in [3.8, 4) is 11.8 Å². The number of aliphatic imine (C=N–C) groups is 2. The lowest BCUT2D eigenvalue weighted by Gasteiger charge is -2.27. The predicted octanol–water partition coefficient (Wildman–Crippen LogP) is 5.82. The van der Waals surface area contributed by atoms with E-state index in [1.165, 1.54) is 0 Å². The zero-order valence-corrected chi connectivity index (χ0v) is 32.2. The maximum absolute atomic E-state index is 6.30. The summed E-state index contributed by atoms with van der Waals surface area (Å²) in [6.45, 7) is 7.28. The fourth-order valence-electron chi connectivity index (χ4n) is 8.47. The Morgan fingerprint density at radius 2 is 1.03 bits per heavy atom. The normalized spacial score (nSPS) is 19.8.